The van der Waals surface area contributed by atoms with Gasteiger partial charge in [0.2, 0.25) is 0 Å². The molecule has 0 bridgehead atoms. The first kappa shape index (κ1) is 21.0. The van der Waals surface area contributed by atoms with Crippen molar-refractivity contribution in [1.82, 2.24) is 5.32 Å². The number of esters is 1. The van der Waals surface area contributed by atoms with E-state index >= 15 is 0 Å². The molecular weight excluding hydrogens is 386 g/mol. The SMILES string of the molecule is COc1ccc(CCNC(=O)[C@@H](C)OC(=O)c2cc(O)c3ccccc3c2O)cc1. The first-order valence-corrected chi connectivity index (χ1v) is 9.46. The van der Waals surface area contributed by atoms with Gasteiger partial charge in [-0.1, -0.05) is 36.4 Å². The maximum atomic E-state index is 12.4. The molecule has 0 saturated carbocycles. The van der Waals surface area contributed by atoms with E-state index in [-0.39, 0.29) is 17.1 Å². The Bertz CT molecular complexity index is 1060. The van der Waals surface area contributed by atoms with Crippen molar-refractivity contribution >= 4 is 22.6 Å². The molecule has 0 unspecified atom stereocenters. The number of rotatable bonds is 7. The van der Waals surface area contributed by atoms with Crippen LogP contribution in [-0.4, -0.2) is 41.8 Å². The number of nitrogens with one attached hydrogen (secondary N) is 1. The van der Waals surface area contributed by atoms with Gasteiger partial charge in [-0.25, -0.2) is 4.79 Å². The van der Waals surface area contributed by atoms with Crippen molar-refractivity contribution in [3.05, 3.63) is 65.7 Å². The number of methoxy groups -OCH3 is 1. The number of ether oxygens (including phenoxy) is 2. The predicted octanol–water partition coefficient (Wildman–Crippen LogP) is 3.16. The third-order valence-electron chi connectivity index (χ3n) is 4.74. The van der Waals surface area contributed by atoms with Gasteiger partial charge >= 0.3 is 5.97 Å². The Kier molecular flexibility index (Phi) is 6.41. The van der Waals surface area contributed by atoms with Crippen LogP contribution in [0.4, 0.5) is 0 Å². The molecule has 0 aliphatic carbocycles. The summed E-state index contributed by atoms with van der Waals surface area (Å²) < 4.78 is 10.3. The van der Waals surface area contributed by atoms with Crippen molar-refractivity contribution in [1.29, 1.82) is 0 Å². The molecule has 156 valence electrons. The van der Waals surface area contributed by atoms with E-state index in [1.54, 1.807) is 31.4 Å². The van der Waals surface area contributed by atoms with Gasteiger partial charge in [0.05, 0.1) is 7.11 Å². The zero-order valence-corrected chi connectivity index (χ0v) is 16.7. The minimum absolute atomic E-state index is 0.160. The summed E-state index contributed by atoms with van der Waals surface area (Å²) in [5, 5.41) is 23.9. The van der Waals surface area contributed by atoms with Crippen molar-refractivity contribution in [2.45, 2.75) is 19.4 Å². The second kappa shape index (κ2) is 9.17. The highest BCUT2D eigenvalue weighted by atomic mass is 16.5. The first-order valence-electron chi connectivity index (χ1n) is 9.46. The molecule has 7 nitrogen and oxygen atoms in total. The number of carbonyl (C=O) groups is 2. The summed E-state index contributed by atoms with van der Waals surface area (Å²) >= 11 is 0. The van der Waals surface area contributed by atoms with Gasteiger partial charge in [-0.2, -0.15) is 0 Å². The molecule has 0 heterocycles. The van der Waals surface area contributed by atoms with Crippen LogP contribution in [0.25, 0.3) is 10.8 Å². The molecule has 0 aromatic heterocycles. The highest BCUT2D eigenvalue weighted by molar-refractivity contribution is 6.04. The van der Waals surface area contributed by atoms with Gasteiger partial charge < -0.3 is 25.0 Å². The molecule has 30 heavy (non-hydrogen) atoms. The Morgan fingerprint density at radius 2 is 1.70 bits per heavy atom. The lowest BCUT2D eigenvalue weighted by molar-refractivity contribution is -0.129. The lowest BCUT2D eigenvalue weighted by Crippen LogP contribution is -2.36. The number of carbonyl (C=O) groups excluding carboxylic acids is 2. The van der Waals surface area contributed by atoms with E-state index in [1.165, 1.54) is 6.92 Å². The number of fused-ring (bicyclic) bond motifs is 1. The van der Waals surface area contributed by atoms with Gasteiger partial charge in [0.25, 0.3) is 5.91 Å². The van der Waals surface area contributed by atoms with Gasteiger partial charge in [0.1, 0.15) is 22.8 Å². The number of phenols is 2. The summed E-state index contributed by atoms with van der Waals surface area (Å²) in [6, 6.07) is 15.2. The van der Waals surface area contributed by atoms with E-state index in [0.29, 0.717) is 23.7 Å². The number of benzene rings is 3. The molecule has 0 fully saturated rings. The minimum atomic E-state index is -1.07. The van der Waals surface area contributed by atoms with E-state index in [0.717, 1.165) is 17.4 Å². The number of phenolic OH excluding ortho intramolecular Hbond substituents is 2. The van der Waals surface area contributed by atoms with E-state index in [1.807, 2.05) is 24.3 Å². The van der Waals surface area contributed by atoms with Gasteiger partial charge in [-0.15, -0.1) is 0 Å². The second-order valence-electron chi connectivity index (χ2n) is 6.77. The maximum absolute atomic E-state index is 12.4. The molecular formula is C23H23NO6. The van der Waals surface area contributed by atoms with Crippen LogP contribution in [0.1, 0.15) is 22.8 Å². The van der Waals surface area contributed by atoms with Crippen LogP contribution in [0, 0.1) is 0 Å². The average Bonchev–Trinajstić information content (AvgIpc) is 2.76. The summed E-state index contributed by atoms with van der Waals surface area (Å²) in [5.74, 6) is -1.06. The second-order valence-corrected chi connectivity index (χ2v) is 6.77. The van der Waals surface area contributed by atoms with Crippen LogP contribution in [0.5, 0.6) is 17.2 Å². The molecule has 1 amide bonds. The number of amides is 1. The Labute approximate surface area is 173 Å². The van der Waals surface area contributed by atoms with Gasteiger partial charge in [-0.05, 0) is 37.1 Å². The zero-order valence-electron chi connectivity index (χ0n) is 16.7. The third kappa shape index (κ3) is 4.63. The van der Waals surface area contributed by atoms with E-state index in [2.05, 4.69) is 5.32 Å². The van der Waals surface area contributed by atoms with E-state index in [9.17, 15) is 19.8 Å². The fraction of sp³-hybridized carbons (Fsp3) is 0.217. The molecule has 0 saturated heterocycles. The Morgan fingerprint density at radius 3 is 2.37 bits per heavy atom. The van der Waals surface area contributed by atoms with E-state index in [4.69, 9.17) is 9.47 Å². The molecule has 0 aliphatic heterocycles. The number of hydrogen-bond donors (Lipinski definition) is 3. The highest BCUT2D eigenvalue weighted by Gasteiger charge is 2.23. The normalized spacial score (nSPS) is 11.7. The summed E-state index contributed by atoms with van der Waals surface area (Å²) in [7, 11) is 1.59. The molecule has 0 radical (unpaired) electrons. The lowest BCUT2D eigenvalue weighted by atomic mass is 10.0. The number of hydrogen-bond acceptors (Lipinski definition) is 6. The largest absolute Gasteiger partial charge is 0.507 e. The van der Waals surface area contributed by atoms with Crippen LogP contribution in [0.2, 0.25) is 0 Å². The van der Waals surface area contributed by atoms with Crippen LogP contribution in [0.3, 0.4) is 0 Å². The fourth-order valence-corrected chi connectivity index (χ4v) is 3.04. The average molecular weight is 409 g/mol. The summed E-state index contributed by atoms with van der Waals surface area (Å²) in [5.41, 5.74) is 0.821. The molecule has 7 heteroatoms. The van der Waals surface area contributed by atoms with Crippen molar-refractivity contribution in [3.63, 3.8) is 0 Å². The fourth-order valence-electron chi connectivity index (χ4n) is 3.04. The maximum Gasteiger partial charge on any atom is 0.342 e. The molecule has 0 spiro atoms. The van der Waals surface area contributed by atoms with Crippen LogP contribution in [0.15, 0.2) is 54.6 Å². The Balaban J connectivity index is 1.59. The van der Waals surface area contributed by atoms with Crippen molar-refractivity contribution in [2.24, 2.45) is 0 Å². The first-order chi connectivity index (χ1) is 14.4. The molecule has 3 aromatic carbocycles. The number of aromatic hydroxyl groups is 2. The predicted molar refractivity (Wildman–Crippen MR) is 112 cm³/mol. The standard InChI is InChI=1S/C23H23NO6/c1-14(22(27)24-12-11-15-7-9-16(29-2)10-8-15)30-23(28)19-13-20(25)17-5-3-4-6-18(17)21(19)26/h3-10,13-14,25-26H,11-12H2,1-2H3,(H,24,27)/t14-/m1/s1. The summed E-state index contributed by atoms with van der Waals surface area (Å²) in [6.45, 7) is 1.81. The van der Waals surface area contributed by atoms with E-state index < -0.39 is 18.0 Å². The highest BCUT2D eigenvalue weighted by Crippen LogP contribution is 2.35. The van der Waals surface area contributed by atoms with Crippen molar-refractivity contribution in [3.8, 4) is 17.2 Å². The summed E-state index contributed by atoms with van der Waals surface area (Å²) in [4.78, 5) is 24.7. The quantitative estimate of drug-likeness (QED) is 0.409. The van der Waals surface area contributed by atoms with Gasteiger partial charge in [-0.3, -0.25) is 4.79 Å². The Hall–Kier alpha value is -3.74. The van der Waals surface area contributed by atoms with Crippen LogP contribution in [-0.2, 0) is 16.0 Å². The molecule has 3 N–H and O–H groups in total. The van der Waals surface area contributed by atoms with Gasteiger partial charge in [0, 0.05) is 17.3 Å². The molecule has 0 aliphatic rings. The third-order valence-corrected chi connectivity index (χ3v) is 4.74. The van der Waals surface area contributed by atoms with Crippen LogP contribution >= 0.6 is 0 Å². The van der Waals surface area contributed by atoms with Crippen molar-refractivity contribution in [2.75, 3.05) is 13.7 Å². The smallest absolute Gasteiger partial charge is 0.342 e. The minimum Gasteiger partial charge on any atom is -0.507 e. The molecule has 3 rings (SSSR count). The lowest BCUT2D eigenvalue weighted by Gasteiger charge is -2.15. The topological polar surface area (TPSA) is 105 Å². The van der Waals surface area contributed by atoms with Crippen molar-refractivity contribution < 1.29 is 29.3 Å². The molecule has 1 atom stereocenters. The van der Waals surface area contributed by atoms with Gasteiger partial charge in [0.15, 0.2) is 6.10 Å². The van der Waals surface area contributed by atoms with Crippen LogP contribution < -0.4 is 10.1 Å². The molecule has 3 aromatic rings. The Morgan fingerprint density at radius 1 is 1.03 bits per heavy atom. The zero-order chi connectivity index (χ0) is 21.7. The summed E-state index contributed by atoms with van der Waals surface area (Å²) in [6.07, 6.45) is -0.461. The monoisotopic (exact) mass is 409 g/mol.